The fourth-order valence-electron chi connectivity index (χ4n) is 6.92. The third kappa shape index (κ3) is 6.89. The number of thiocarbonyl (C=S) groups is 1. The Bertz CT molecular complexity index is 2240. The highest BCUT2D eigenvalue weighted by atomic mass is 32.1. The van der Waals surface area contributed by atoms with E-state index in [9.17, 15) is 0 Å². The average Bonchev–Trinajstić information content (AvgIpc) is 3.96. The molecule has 5 aromatic rings. The van der Waals surface area contributed by atoms with Gasteiger partial charge in [-0.3, -0.25) is 0 Å². The maximum atomic E-state index is 5.36. The number of aromatic nitrogens is 4. The van der Waals surface area contributed by atoms with Crippen LogP contribution in [0, 0.1) is 0 Å². The molecular formula is C43H41N5S. The van der Waals surface area contributed by atoms with E-state index in [1.54, 1.807) is 0 Å². The largest absolute Gasteiger partial charge is 0.355 e. The molecule has 6 heteroatoms. The summed E-state index contributed by atoms with van der Waals surface area (Å²) >= 11 is 4.86. The minimum Gasteiger partial charge on any atom is -0.355 e. The molecule has 2 aliphatic heterocycles. The third-order valence-corrected chi connectivity index (χ3v) is 9.52. The molecule has 244 valence electrons. The fraction of sp³-hybridized carbons (Fsp3) is 0.233. The Morgan fingerprint density at radius 1 is 0.551 bits per heavy atom. The van der Waals surface area contributed by atoms with Gasteiger partial charge >= 0.3 is 0 Å². The molecule has 2 N–H and O–H groups in total. The first-order valence-electron chi connectivity index (χ1n) is 17.5. The lowest BCUT2D eigenvalue weighted by atomic mass is 10.0. The quantitative estimate of drug-likeness (QED) is 0.0825. The van der Waals surface area contributed by atoms with E-state index < -0.39 is 0 Å². The van der Waals surface area contributed by atoms with Gasteiger partial charge in [0.1, 0.15) is 0 Å². The van der Waals surface area contributed by atoms with Crippen LogP contribution in [0.15, 0.2) is 83.9 Å². The van der Waals surface area contributed by atoms with E-state index in [4.69, 9.17) is 22.2 Å². The Labute approximate surface area is 293 Å². The van der Waals surface area contributed by atoms with Crippen LogP contribution in [0.5, 0.6) is 0 Å². The number of rotatable bonds is 11. The van der Waals surface area contributed by atoms with E-state index >= 15 is 0 Å². The number of fused-ring (bicyclic) bond motifs is 8. The standard InChI is InChI=1S/C43H41N5S/c1-3-5-8-14-32-34-20-24-38(45-34)42(29-12-10-7-11-13-29)39-25-21-35(46-39)33(15-9-6-4-2)37-23-27-41(48-37)43(40-26-22-36(32)47-40)30-16-18-31(19-17-30)44-28-49/h7,10-13,16-27,45,48H,3-6,8-9,14-15H2,1-2H3. The lowest BCUT2D eigenvalue weighted by Gasteiger charge is -2.07. The van der Waals surface area contributed by atoms with Crippen molar-refractivity contribution in [3.63, 3.8) is 0 Å². The van der Waals surface area contributed by atoms with E-state index in [-0.39, 0.29) is 0 Å². The number of benzene rings is 2. The molecule has 0 atom stereocenters. The van der Waals surface area contributed by atoms with Crippen LogP contribution in [0.4, 0.5) is 5.69 Å². The smallest absolute Gasteiger partial charge is 0.0739 e. The number of isothiocyanates is 1. The van der Waals surface area contributed by atoms with Crippen molar-refractivity contribution in [2.75, 3.05) is 0 Å². The summed E-state index contributed by atoms with van der Waals surface area (Å²) in [6.45, 7) is 4.50. The first kappa shape index (κ1) is 32.4. The Kier molecular flexibility index (Phi) is 9.88. The zero-order chi connectivity index (χ0) is 33.6. The van der Waals surface area contributed by atoms with Crippen LogP contribution in [0.2, 0.25) is 0 Å². The average molecular weight is 660 g/mol. The normalized spacial score (nSPS) is 12.0. The number of hydrogen-bond donors (Lipinski definition) is 2. The van der Waals surface area contributed by atoms with E-state index in [1.165, 1.54) is 24.0 Å². The molecule has 0 unspecified atom stereocenters. The van der Waals surface area contributed by atoms with Crippen LogP contribution >= 0.6 is 12.2 Å². The number of aromatic amines is 2. The van der Waals surface area contributed by atoms with Gasteiger partial charge in [0.25, 0.3) is 0 Å². The van der Waals surface area contributed by atoms with Crippen LogP contribution in [0.3, 0.4) is 0 Å². The number of unbranched alkanes of at least 4 members (excludes halogenated alkanes) is 4. The molecule has 7 rings (SSSR count). The Balaban J connectivity index is 1.59. The minimum absolute atomic E-state index is 0.779. The van der Waals surface area contributed by atoms with Gasteiger partial charge in [0.15, 0.2) is 0 Å². The van der Waals surface area contributed by atoms with Crippen molar-refractivity contribution in [3.05, 3.63) is 113 Å². The Morgan fingerprint density at radius 2 is 1.02 bits per heavy atom. The molecule has 0 saturated carbocycles. The van der Waals surface area contributed by atoms with Crippen LogP contribution in [-0.4, -0.2) is 25.1 Å². The van der Waals surface area contributed by atoms with Gasteiger partial charge in [-0.25, -0.2) is 9.97 Å². The summed E-state index contributed by atoms with van der Waals surface area (Å²) in [6, 6.07) is 27.6. The molecule has 0 spiro atoms. The maximum absolute atomic E-state index is 5.36. The van der Waals surface area contributed by atoms with Crippen molar-refractivity contribution in [3.8, 4) is 22.3 Å². The molecule has 5 nitrogen and oxygen atoms in total. The summed E-state index contributed by atoms with van der Waals surface area (Å²) in [5, 5.41) is 2.48. The van der Waals surface area contributed by atoms with Crippen LogP contribution in [-0.2, 0) is 12.8 Å². The number of hydrogen-bond acceptors (Lipinski definition) is 4. The summed E-state index contributed by atoms with van der Waals surface area (Å²) in [5.41, 5.74) is 15.7. The van der Waals surface area contributed by atoms with Gasteiger partial charge < -0.3 is 9.97 Å². The molecule has 49 heavy (non-hydrogen) atoms. The summed E-state index contributed by atoms with van der Waals surface area (Å²) in [4.78, 5) is 22.6. The first-order chi connectivity index (χ1) is 24.2. The Hall–Kier alpha value is -5.16. The van der Waals surface area contributed by atoms with Crippen LogP contribution in [0.1, 0.15) is 86.3 Å². The van der Waals surface area contributed by atoms with Crippen molar-refractivity contribution in [1.29, 1.82) is 0 Å². The number of aryl methyl sites for hydroxylation is 2. The lowest BCUT2D eigenvalue weighted by molar-refractivity contribution is 0.717. The lowest BCUT2D eigenvalue weighted by Crippen LogP contribution is -1.93. The number of H-pyrrole nitrogens is 2. The SMILES string of the molecule is CCCCCc1c2nc(c(-c3ccc(N=C=S)cc3)c3ccc([nH]3)c(CCCCC)c3nc(c(-c4ccccc4)c4ccc1[nH]4)C=C3)C=C2. The monoisotopic (exact) mass is 659 g/mol. The van der Waals surface area contributed by atoms with Gasteiger partial charge in [-0.2, -0.15) is 4.99 Å². The molecule has 2 aliphatic rings. The van der Waals surface area contributed by atoms with E-state index in [2.05, 4.69) is 125 Å². The molecule has 5 heterocycles. The fourth-order valence-corrected chi connectivity index (χ4v) is 7.03. The minimum atomic E-state index is 0.779. The number of nitrogens with zero attached hydrogens (tertiary/aromatic N) is 3. The number of aliphatic imine (C=N–C) groups is 1. The van der Waals surface area contributed by atoms with Crippen LogP contribution < -0.4 is 0 Å². The molecular weight excluding hydrogens is 619 g/mol. The molecule has 8 bridgehead atoms. The number of nitrogens with one attached hydrogen (secondary N) is 2. The van der Waals surface area contributed by atoms with Gasteiger partial charge in [0, 0.05) is 44.3 Å². The van der Waals surface area contributed by atoms with Crippen molar-refractivity contribution in [1.82, 2.24) is 19.9 Å². The molecule has 0 radical (unpaired) electrons. The van der Waals surface area contributed by atoms with Gasteiger partial charge in [0.2, 0.25) is 0 Å². The summed E-state index contributed by atoms with van der Waals surface area (Å²) < 4.78 is 0. The van der Waals surface area contributed by atoms with E-state index in [0.717, 1.165) is 111 Å². The second kappa shape index (κ2) is 14.9. The van der Waals surface area contributed by atoms with Gasteiger partial charge in [-0.1, -0.05) is 82.0 Å². The van der Waals surface area contributed by atoms with Crippen molar-refractivity contribution < 1.29 is 0 Å². The second-order valence-electron chi connectivity index (χ2n) is 12.7. The summed E-state index contributed by atoms with van der Waals surface area (Å²) in [7, 11) is 0. The van der Waals surface area contributed by atoms with E-state index in [1.807, 2.05) is 12.1 Å². The van der Waals surface area contributed by atoms with Crippen molar-refractivity contribution in [2.24, 2.45) is 4.99 Å². The summed E-state index contributed by atoms with van der Waals surface area (Å²) in [5.74, 6) is 0. The van der Waals surface area contributed by atoms with Gasteiger partial charge in [-0.05, 0) is 110 Å². The maximum Gasteiger partial charge on any atom is 0.0739 e. The highest BCUT2D eigenvalue weighted by molar-refractivity contribution is 7.78. The first-order valence-corrected chi connectivity index (χ1v) is 18.0. The van der Waals surface area contributed by atoms with Crippen LogP contribution in [0.25, 0.3) is 68.6 Å². The van der Waals surface area contributed by atoms with E-state index in [0.29, 0.717) is 0 Å². The van der Waals surface area contributed by atoms with Gasteiger partial charge in [-0.15, -0.1) is 0 Å². The van der Waals surface area contributed by atoms with Crippen molar-refractivity contribution in [2.45, 2.75) is 65.2 Å². The van der Waals surface area contributed by atoms with Gasteiger partial charge in [0.05, 0.1) is 33.6 Å². The predicted molar refractivity (Wildman–Crippen MR) is 211 cm³/mol. The molecule has 2 aromatic carbocycles. The highest BCUT2D eigenvalue weighted by Crippen LogP contribution is 2.35. The zero-order valence-corrected chi connectivity index (χ0v) is 29.0. The molecule has 0 saturated heterocycles. The van der Waals surface area contributed by atoms with Crippen molar-refractivity contribution >= 4 is 69.4 Å². The predicted octanol–water partition coefficient (Wildman–Crippen LogP) is 12.2. The summed E-state index contributed by atoms with van der Waals surface area (Å²) in [6.07, 6.45) is 17.4. The molecule has 0 fully saturated rings. The highest BCUT2D eigenvalue weighted by Gasteiger charge is 2.17. The molecule has 3 aromatic heterocycles. The Morgan fingerprint density at radius 3 is 1.51 bits per heavy atom. The molecule has 0 aliphatic carbocycles. The molecule has 0 amide bonds. The topological polar surface area (TPSA) is 69.7 Å². The third-order valence-electron chi connectivity index (χ3n) is 9.43. The zero-order valence-electron chi connectivity index (χ0n) is 28.2. The second-order valence-corrected chi connectivity index (χ2v) is 12.9.